The largest absolute Gasteiger partial charge is 0.338 e. The summed E-state index contributed by atoms with van der Waals surface area (Å²) in [5.41, 5.74) is 7.22. The van der Waals surface area contributed by atoms with E-state index in [1.165, 1.54) is 56.6 Å². The number of nitrogens with zero attached hydrogens (tertiary/aromatic N) is 3. The fraction of sp³-hybridized carbons (Fsp3) is 0.812. The lowest BCUT2D eigenvalue weighted by molar-refractivity contribution is 0.436. The minimum Gasteiger partial charge on any atom is -0.338 e. The van der Waals surface area contributed by atoms with E-state index >= 15 is 0 Å². The third kappa shape index (κ3) is 2.58. The van der Waals surface area contributed by atoms with Gasteiger partial charge in [0.1, 0.15) is 0 Å². The molecule has 1 saturated heterocycles. The van der Waals surface area contributed by atoms with E-state index in [0.717, 1.165) is 19.5 Å². The zero-order chi connectivity index (χ0) is 13.9. The Hall–Kier alpha value is -1.03. The Morgan fingerprint density at radius 2 is 1.95 bits per heavy atom. The number of imidazole rings is 1. The molecule has 0 bridgehead atoms. The number of rotatable bonds is 4. The van der Waals surface area contributed by atoms with Crippen molar-refractivity contribution < 1.29 is 0 Å². The maximum atomic E-state index is 6.00. The summed E-state index contributed by atoms with van der Waals surface area (Å²) in [6.07, 6.45) is 12.5. The van der Waals surface area contributed by atoms with E-state index < -0.39 is 0 Å². The summed E-state index contributed by atoms with van der Waals surface area (Å²) in [6, 6.07) is 1.15. The molecule has 0 spiro atoms. The highest BCUT2D eigenvalue weighted by Crippen LogP contribution is 2.34. The highest BCUT2D eigenvalue weighted by molar-refractivity contribution is 5.37. The molecule has 3 rings (SSSR count). The second-order valence-corrected chi connectivity index (χ2v) is 6.31. The van der Waals surface area contributed by atoms with E-state index in [4.69, 9.17) is 10.7 Å². The van der Waals surface area contributed by atoms with Gasteiger partial charge in [-0.1, -0.05) is 19.8 Å². The lowest BCUT2D eigenvalue weighted by Gasteiger charge is -2.36. The van der Waals surface area contributed by atoms with Crippen LogP contribution in [0, 0.1) is 0 Å². The van der Waals surface area contributed by atoms with E-state index in [0.29, 0.717) is 12.1 Å². The number of anilines is 1. The summed E-state index contributed by atoms with van der Waals surface area (Å²) in [5, 5.41) is 0. The van der Waals surface area contributed by atoms with Gasteiger partial charge in [-0.25, -0.2) is 4.98 Å². The van der Waals surface area contributed by atoms with Gasteiger partial charge in [0, 0.05) is 31.4 Å². The first-order valence-electron chi connectivity index (χ1n) is 8.38. The fourth-order valence-electron chi connectivity index (χ4n) is 3.78. The highest BCUT2D eigenvalue weighted by atomic mass is 15.3. The van der Waals surface area contributed by atoms with Gasteiger partial charge in [0.05, 0.1) is 5.69 Å². The van der Waals surface area contributed by atoms with Crippen LogP contribution >= 0.6 is 0 Å². The first-order chi connectivity index (χ1) is 9.83. The molecule has 112 valence electrons. The van der Waals surface area contributed by atoms with Crippen molar-refractivity contribution in [2.45, 2.75) is 70.4 Å². The summed E-state index contributed by atoms with van der Waals surface area (Å²) in [6.45, 7) is 4.06. The van der Waals surface area contributed by atoms with Crippen molar-refractivity contribution in [2.24, 2.45) is 5.73 Å². The molecule has 1 atom stereocenters. The molecule has 2 fully saturated rings. The Labute approximate surface area is 122 Å². The van der Waals surface area contributed by atoms with Gasteiger partial charge < -0.3 is 15.2 Å². The standard InChI is InChI=1S/C16H28N4/c1-2-13-12-20(14-7-3-4-8-14)16(18-13)19-10-6-5-9-15(19)11-17/h12,14-15H,2-11,17H2,1H3. The quantitative estimate of drug-likeness (QED) is 0.920. The molecule has 1 unspecified atom stereocenters. The van der Waals surface area contributed by atoms with Crippen LogP contribution in [-0.4, -0.2) is 28.7 Å². The molecule has 2 N–H and O–H groups in total. The normalized spacial score (nSPS) is 24.5. The Bertz CT molecular complexity index is 434. The van der Waals surface area contributed by atoms with E-state index in [1.807, 2.05) is 0 Å². The number of aromatic nitrogens is 2. The monoisotopic (exact) mass is 276 g/mol. The second-order valence-electron chi connectivity index (χ2n) is 6.31. The molecular formula is C16H28N4. The molecule has 0 radical (unpaired) electrons. The first kappa shape index (κ1) is 13.9. The van der Waals surface area contributed by atoms with Crippen molar-refractivity contribution in [3.63, 3.8) is 0 Å². The van der Waals surface area contributed by atoms with E-state index in [-0.39, 0.29) is 0 Å². The number of hydrogen-bond donors (Lipinski definition) is 1. The summed E-state index contributed by atoms with van der Waals surface area (Å²) in [5.74, 6) is 1.20. The summed E-state index contributed by atoms with van der Waals surface area (Å²) < 4.78 is 2.47. The zero-order valence-corrected chi connectivity index (χ0v) is 12.7. The van der Waals surface area contributed by atoms with Gasteiger partial charge in [-0.15, -0.1) is 0 Å². The summed E-state index contributed by atoms with van der Waals surface area (Å²) >= 11 is 0. The molecule has 0 amide bonds. The number of hydrogen-bond acceptors (Lipinski definition) is 3. The number of aryl methyl sites for hydroxylation is 1. The molecule has 1 aliphatic heterocycles. The molecular weight excluding hydrogens is 248 g/mol. The van der Waals surface area contributed by atoms with E-state index in [2.05, 4.69) is 22.6 Å². The molecule has 1 aromatic rings. The van der Waals surface area contributed by atoms with E-state index in [1.54, 1.807) is 0 Å². The molecule has 20 heavy (non-hydrogen) atoms. The van der Waals surface area contributed by atoms with Crippen LogP contribution in [0.1, 0.15) is 63.6 Å². The Balaban J connectivity index is 1.91. The molecule has 1 aliphatic carbocycles. The van der Waals surface area contributed by atoms with Crippen molar-refractivity contribution >= 4 is 5.95 Å². The topological polar surface area (TPSA) is 47.1 Å². The number of nitrogens with two attached hydrogens (primary N) is 1. The van der Waals surface area contributed by atoms with Crippen molar-refractivity contribution in [3.05, 3.63) is 11.9 Å². The maximum absolute atomic E-state index is 6.00. The molecule has 4 nitrogen and oxygen atoms in total. The Morgan fingerprint density at radius 1 is 1.20 bits per heavy atom. The average molecular weight is 276 g/mol. The summed E-state index contributed by atoms with van der Waals surface area (Å²) in [4.78, 5) is 7.42. The Kier molecular flexibility index (Phi) is 4.29. The molecule has 1 saturated carbocycles. The molecule has 2 heterocycles. The van der Waals surface area contributed by atoms with Gasteiger partial charge >= 0.3 is 0 Å². The van der Waals surface area contributed by atoms with Crippen LogP contribution in [0.2, 0.25) is 0 Å². The second kappa shape index (κ2) is 6.17. The Morgan fingerprint density at radius 3 is 2.65 bits per heavy atom. The van der Waals surface area contributed by atoms with Gasteiger partial charge in [0.15, 0.2) is 0 Å². The minimum absolute atomic E-state index is 0.482. The van der Waals surface area contributed by atoms with Gasteiger partial charge in [-0.2, -0.15) is 0 Å². The van der Waals surface area contributed by atoms with Gasteiger partial charge in [0.2, 0.25) is 5.95 Å². The first-order valence-corrected chi connectivity index (χ1v) is 8.38. The zero-order valence-electron chi connectivity index (χ0n) is 12.7. The van der Waals surface area contributed by atoms with Crippen LogP contribution in [0.5, 0.6) is 0 Å². The minimum atomic E-state index is 0.482. The van der Waals surface area contributed by atoms with Crippen LogP contribution in [0.15, 0.2) is 6.20 Å². The lowest BCUT2D eigenvalue weighted by Crippen LogP contribution is -2.45. The highest BCUT2D eigenvalue weighted by Gasteiger charge is 2.28. The van der Waals surface area contributed by atoms with Crippen molar-refractivity contribution in [1.82, 2.24) is 9.55 Å². The predicted molar refractivity (Wildman–Crippen MR) is 83.1 cm³/mol. The van der Waals surface area contributed by atoms with Crippen molar-refractivity contribution in [1.29, 1.82) is 0 Å². The lowest BCUT2D eigenvalue weighted by atomic mass is 10.0. The average Bonchev–Trinajstić information content (AvgIpc) is 3.15. The molecule has 1 aromatic heterocycles. The van der Waals surface area contributed by atoms with Crippen LogP contribution in [0.4, 0.5) is 5.95 Å². The van der Waals surface area contributed by atoms with Crippen molar-refractivity contribution in [2.75, 3.05) is 18.0 Å². The number of piperidine rings is 1. The van der Waals surface area contributed by atoms with E-state index in [9.17, 15) is 0 Å². The smallest absolute Gasteiger partial charge is 0.206 e. The maximum Gasteiger partial charge on any atom is 0.206 e. The molecule has 0 aromatic carbocycles. The van der Waals surface area contributed by atoms with Crippen molar-refractivity contribution in [3.8, 4) is 0 Å². The van der Waals surface area contributed by atoms with Crippen LogP contribution < -0.4 is 10.6 Å². The van der Waals surface area contributed by atoms with Crippen LogP contribution in [-0.2, 0) is 6.42 Å². The van der Waals surface area contributed by atoms with Gasteiger partial charge in [-0.3, -0.25) is 0 Å². The fourth-order valence-corrected chi connectivity index (χ4v) is 3.78. The summed E-state index contributed by atoms with van der Waals surface area (Å²) in [7, 11) is 0. The van der Waals surface area contributed by atoms with Gasteiger partial charge in [0.25, 0.3) is 0 Å². The van der Waals surface area contributed by atoms with Crippen LogP contribution in [0.25, 0.3) is 0 Å². The SMILES string of the molecule is CCc1cn(C2CCCC2)c(N2CCCCC2CN)n1. The predicted octanol–water partition coefficient (Wildman–Crippen LogP) is 2.88. The third-order valence-corrected chi connectivity index (χ3v) is 5.00. The van der Waals surface area contributed by atoms with Crippen LogP contribution in [0.3, 0.4) is 0 Å². The van der Waals surface area contributed by atoms with Gasteiger partial charge in [-0.05, 0) is 38.5 Å². The third-order valence-electron chi connectivity index (χ3n) is 5.00. The molecule has 4 heteroatoms. The molecule has 2 aliphatic rings.